The first-order valence-electron chi connectivity index (χ1n) is 12.2. The van der Waals surface area contributed by atoms with Crippen molar-refractivity contribution in [3.05, 3.63) is 78.4 Å². The lowest BCUT2D eigenvalue weighted by atomic mass is 9.90. The molecule has 3 amide bonds. The zero-order valence-corrected chi connectivity index (χ0v) is 22.1. The van der Waals surface area contributed by atoms with Gasteiger partial charge in [0.2, 0.25) is 6.17 Å². The number of aliphatic imine (C=N–C) groups is 1. The molecule has 196 valence electrons. The number of amides is 3. The topological polar surface area (TPSA) is 120 Å². The molecule has 0 saturated heterocycles. The molecule has 0 radical (unpaired) electrons. The van der Waals surface area contributed by atoms with Crippen LogP contribution in [-0.4, -0.2) is 60.2 Å². The van der Waals surface area contributed by atoms with E-state index in [9.17, 15) is 14.4 Å². The molecule has 2 N–H and O–H groups in total. The van der Waals surface area contributed by atoms with Crippen molar-refractivity contribution < 1.29 is 14.4 Å². The molecular weight excluding hydrogens is 482 g/mol. The van der Waals surface area contributed by atoms with Crippen LogP contribution in [0.2, 0.25) is 0 Å². The minimum atomic E-state index is -1.31. The number of para-hydroxylation sites is 1. The third-order valence-electron chi connectivity index (χ3n) is 6.06. The highest BCUT2D eigenvalue weighted by molar-refractivity contribution is 6.20. The van der Waals surface area contributed by atoms with Crippen LogP contribution in [0.3, 0.4) is 0 Å². The lowest BCUT2D eigenvalue weighted by molar-refractivity contribution is -0.127. The summed E-state index contributed by atoms with van der Waals surface area (Å²) in [6.45, 7) is 5.24. The summed E-state index contributed by atoms with van der Waals surface area (Å²) in [5, 5.41) is 5.46. The smallest absolute Gasteiger partial charge is 0.321 e. The fraction of sp³-hybridized carbons (Fsp3) is 0.286. The van der Waals surface area contributed by atoms with Gasteiger partial charge in [0.1, 0.15) is 6.33 Å². The Bertz CT molecular complexity index is 1380. The van der Waals surface area contributed by atoms with Crippen LogP contribution in [-0.2, 0) is 9.59 Å². The summed E-state index contributed by atoms with van der Waals surface area (Å²) in [5.74, 6) is -0.661. The highest BCUT2D eigenvalue weighted by Gasteiger charge is 2.36. The first kappa shape index (κ1) is 26.5. The summed E-state index contributed by atoms with van der Waals surface area (Å²) in [6.07, 6.45) is 1.66. The Kier molecular flexibility index (Phi) is 7.52. The molecule has 1 aliphatic heterocycles. The van der Waals surface area contributed by atoms with Gasteiger partial charge >= 0.3 is 6.03 Å². The molecular formula is C28H31N7O3. The SMILES string of the molecule is CN(C)c1cccc(NC(=O)N[C@@H]2N=C(c3ccncn3)c3ccccc3N(CC(=O)C(C)(C)C)C2=O)c1. The second-order valence-corrected chi connectivity index (χ2v) is 10.1. The van der Waals surface area contributed by atoms with Crippen molar-refractivity contribution in [2.24, 2.45) is 10.4 Å². The maximum atomic E-state index is 13.9. The number of urea groups is 1. The van der Waals surface area contributed by atoms with Gasteiger partial charge in [-0.15, -0.1) is 0 Å². The zero-order valence-electron chi connectivity index (χ0n) is 22.1. The van der Waals surface area contributed by atoms with Gasteiger partial charge < -0.3 is 20.4 Å². The van der Waals surface area contributed by atoms with Crippen molar-refractivity contribution in [2.45, 2.75) is 26.9 Å². The van der Waals surface area contributed by atoms with Crippen molar-refractivity contribution in [1.29, 1.82) is 0 Å². The van der Waals surface area contributed by atoms with E-state index in [4.69, 9.17) is 0 Å². The molecule has 1 atom stereocenters. The summed E-state index contributed by atoms with van der Waals surface area (Å²) >= 11 is 0. The zero-order chi connectivity index (χ0) is 27.4. The molecule has 10 nitrogen and oxygen atoms in total. The minimum Gasteiger partial charge on any atom is -0.378 e. The number of anilines is 3. The Morgan fingerprint density at radius 2 is 1.82 bits per heavy atom. The van der Waals surface area contributed by atoms with E-state index in [1.165, 1.54) is 11.2 Å². The highest BCUT2D eigenvalue weighted by atomic mass is 16.2. The van der Waals surface area contributed by atoms with Crippen LogP contribution < -0.4 is 20.4 Å². The van der Waals surface area contributed by atoms with Gasteiger partial charge in [-0.25, -0.2) is 19.8 Å². The average Bonchev–Trinajstić information content (AvgIpc) is 2.99. The maximum absolute atomic E-state index is 13.9. The van der Waals surface area contributed by atoms with Gasteiger partial charge in [0, 0.05) is 42.6 Å². The number of nitrogens with zero attached hydrogens (tertiary/aromatic N) is 5. The van der Waals surface area contributed by atoms with Crippen LogP contribution in [0.5, 0.6) is 0 Å². The largest absolute Gasteiger partial charge is 0.378 e. The molecule has 2 aromatic carbocycles. The molecule has 0 spiro atoms. The predicted octanol–water partition coefficient (Wildman–Crippen LogP) is 3.49. The molecule has 0 saturated carbocycles. The number of rotatable bonds is 6. The van der Waals surface area contributed by atoms with Crippen LogP contribution in [0, 0.1) is 5.41 Å². The van der Waals surface area contributed by atoms with Gasteiger partial charge in [0.25, 0.3) is 5.91 Å². The predicted molar refractivity (Wildman–Crippen MR) is 148 cm³/mol. The van der Waals surface area contributed by atoms with Crippen molar-refractivity contribution in [3.63, 3.8) is 0 Å². The van der Waals surface area contributed by atoms with Crippen molar-refractivity contribution in [3.8, 4) is 0 Å². The Balaban J connectivity index is 1.73. The van der Waals surface area contributed by atoms with Crippen LogP contribution in [0.15, 0.2) is 72.1 Å². The standard InChI is InChI=1S/C28H31N7O3/c1-28(2,3)23(36)16-35-22-12-7-6-11-20(22)24(21-13-14-29-17-30-21)32-25(26(35)37)33-27(38)31-18-9-8-10-19(15-18)34(4)5/h6-15,17,25H,16H2,1-5H3,(H2,31,33,38)/t25-/m0/s1. The molecule has 2 heterocycles. The summed E-state index contributed by atoms with van der Waals surface area (Å²) in [7, 11) is 3.80. The highest BCUT2D eigenvalue weighted by Crippen LogP contribution is 2.29. The van der Waals surface area contributed by atoms with Gasteiger partial charge in [-0.2, -0.15) is 0 Å². The number of nitrogens with one attached hydrogen (secondary N) is 2. The normalized spacial score (nSPS) is 15.2. The van der Waals surface area contributed by atoms with Crippen LogP contribution >= 0.6 is 0 Å². The van der Waals surface area contributed by atoms with E-state index in [1.54, 1.807) is 51.2 Å². The summed E-state index contributed by atoms with van der Waals surface area (Å²) < 4.78 is 0. The third-order valence-corrected chi connectivity index (χ3v) is 6.06. The Labute approximate surface area is 221 Å². The van der Waals surface area contributed by atoms with E-state index >= 15 is 0 Å². The first-order valence-corrected chi connectivity index (χ1v) is 12.2. The van der Waals surface area contributed by atoms with Gasteiger partial charge in [0.05, 0.1) is 23.6 Å². The number of carbonyl (C=O) groups is 3. The Morgan fingerprint density at radius 3 is 2.50 bits per heavy atom. The minimum absolute atomic E-state index is 0.130. The molecule has 0 fully saturated rings. The fourth-order valence-electron chi connectivity index (χ4n) is 3.86. The number of benzodiazepines with no additional fused rings is 1. The number of carbonyl (C=O) groups excluding carboxylic acids is 3. The number of hydrogen-bond acceptors (Lipinski definition) is 7. The third kappa shape index (κ3) is 5.86. The molecule has 10 heteroatoms. The number of fused-ring (bicyclic) bond motifs is 1. The van der Waals surface area contributed by atoms with Crippen molar-refractivity contribution in [1.82, 2.24) is 15.3 Å². The molecule has 38 heavy (non-hydrogen) atoms. The van der Waals surface area contributed by atoms with Gasteiger partial charge in [0.15, 0.2) is 5.78 Å². The fourth-order valence-corrected chi connectivity index (χ4v) is 3.86. The van der Waals surface area contributed by atoms with Crippen LogP contribution in [0.1, 0.15) is 32.0 Å². The quantitative estimate of drug-likeness (QED) is 0.521. The molecule has 1 aromatic heterocycles. The lowest BCUT2D eigenvalue weighted by Crippen LogP contribution is -2.50. The number of ketones is 1. The Hall–Kier alpha value is -4.60. The summed E-state index contributed by atoms with van der Waals surface area (Å²) in [5.41, 5.74) is 2.80. The summed E-state index contributed by atoms with van der Waals surface area (Å²) in [4.78, 5) is 56.2. The van der Waals surface area contributed by atoms with E-state index in [2.05, 4.69) is 25.6 Å². The van der Waals surface area contributed by atoms with E-state index in [1.807, 2.05) is 49.3 Å². The number of benzene rings is 2. The first-order chi connectivity index (χ1) is 18.0. The monoisotopic (exact) mass is 513 g/mol. The van der Waals surface area contributed by atoms with E-state index in [0.29, 0.717) is 28.3 Å². The van der Waals surface area contributed by atoms with Gasteiger partial charge in [-0.3, -0.25) is 9.59 Å². The average molecular weight is 514 g/mol. The lowest BCUT2D eigenvalue weighted by Gasteiger charge is -2.28. The molecule has 3 aromatic rings. The second kappa shape index (κ2) is 10.8. The van der Waals surface area contributed by atoms with Gasteiger partial charge in [-0.1, -0.05) is 45.0 Å². The maximum Gasteiger partial charge on any atom is 0.321 e. The van der Waals surface area contributed by atoms with E-state index in [-0.39, 0.29) is 12.3 Å². The molecule has 4 rings (SSSR count). The van der Waals surface area contributed by atoms with E-state index in [0.717, 1.165) is 5.69 Å². The van der Waals surface area contributed by atoms with Crippen molar-refractivity contribution in [2.75, 3.05) is 35.8 Å². The number of Topliss-reactive ketones (excluding diaryl/α,β-unsaturated/α-hetero) is 1. The second-order valence-electron chi connectivity index (χ2n) is 10.1. The molecule has 0 aliphatic carbocycles. The van der Waals surface area contributed by atoms with Gasteiger partial charge in [-0.05, 0) is 30.3 Å². The van der Waals surface area contributed by atoms with E-state index < -0.39 is 23.5 Å². The Morgan fingerprint density at radius 1 is 1.05 bits per heavy atom. The van der Waals surface area contributed by atoms with Crippen LogP contribution in [0.25, 0.3) is 0 Å². The molecule has 0 unspecified atom stereocenters. The number of aromatic nitrogens is 2. The molecule has 1 aliphatic rings. The molecule has 0 bridgehead atoms. The van der Waals surface area contributed by atoms with Crippen LogP contribution in [0.4, 0.5) is 21.9 Å². The van der Waals surface area contributed by atoms with Crippen molar-refractivity contribution >= 4 is 40.5 Å². The number of hydrogen-bond donors (Lipinski definition) is 2. The summed E-state index contributed by atoms with van der Waals surface area (Å²) in [6, 6.07) is 15.6.